The van der Waals surface area contributed by atoms with E-state index >= 15 is 0 Å². The highest BCUT2D eigenvalue weighted by Crippen LogP contribution is 2.32. The lowest BCUT2D eigenvalue weighted by Crippen LogP contribution is -2.17. The van der Waals surface area contributed by atoms with E-state index in [1.165, 1.54) is 42.5 Å². The molecule has 160 valence electrons. The summed E-state index contributed by atoms with van der Waals surface area (Å²) in [4.78, 5) is 12.4. The van der Waals surface area contributed by atoms with Gasteiger partial charge in [0.15, 0.2) is 11.5 Å². The fraction of sp³-hybridized carbons (Fsp3) is 0.136. The largest absolute Gasteiger partial charge is 0.486 e. The van der Waals surface area contributed by atoms with Crippen molar-refractivity contribution in [3.63, 3.8) is 0 Å². The number of sulfonamides is 1. The van der Waals surface area contributed by atoms with Crippen LogP contribution in [0.15, 0.2) is 65.6 Å². The summed E-state index contributed by atoms with van der Waals surface area (Å²) in [5, 5.41) is 2.61. The minimum absolute atomic E-state index is 0.0277. The van der Waals surface area contributed by atoms with Crippen molar-refractivity contribution in [1.82, 2.24) is 0 Å². The Labute approximate surface area is 178 Å². The number of hydrogen-bond donors (Lipinski definition) is 2. The quantitative estimate of drug-likeness (QED) is 0.624. The van der Waals surface area contributed by atoms with Gasteiger partial charge in [-0.2, -0.15) is 0 Å². The summed E-state index contributed by atoms with van der Waals surface area (Å²) in [5.41, 5.74) is 1.39. The minimum Gasteiger partial charge on any atom is -0.486 e. The first-order valence-corrected chi connectivity index (χ1v) is 10.9. The van der Waals surface area contributed by atoms with Crippen LogP contribution in [0.1, 0.15) is 15.9 Å². The van der Waals surface area contributed by atoms with Crippen molar-refractivity contribution in [3.05, 3.63) is 77.6 Å². The lowest BCUT2D eigenvalue weighted by atomic mass is 10.1. The summed E-state index contributed by atoms with van der Waals surface area (Å²) >= 11 is 0. The molecular formula is C22H19FN2O5S. The average Bonchev–Trinajstić information content (AvgIpc) is 2.76. The Morgan fingerprint density at radius 2 is 1.58 bits per heavy atom. The molecule has 31 heavy (non-hydrogen) atoms. The SMILES string of the molecule is Cc1ccc(NC(=O)c2ccc(NS(=O)(=O)c3ccc4c(c3)OCCO4)cc2)cc1F. The summed E-state index contributed by atoms with van der Waals surface area (Å²) in [5.74, 6) is 0.00824. The van der Waals surface area contributed by atoms with Crippen LogP contribution in [-0.4, -0.2) is 27.5 Å². The molecule has 0 aromatic heterocycles. The molecular weight excluding hydrogens is 423 g/mol. The van der Waals surface area contributed by atoms with Crippen LogP contribution in [0.2, 0.25) is 0 Å². The van der Waals surface area contributed by atoms with Crippen LogP contribution >= 0.6 is 0 Å². The molecule has 0 fully saturated rings. The Morgan fingerprint density at radius 1 is 0.903 bits per heavy atom. The zero-order chi connectivity index (χ0) is 22.0. The lowest BCUT2D eigenvalue weighted by Gasteiger charge is -2.19. The van der Waals surface area contributed by atoms with Gasteiger partial charge in [-0.25, -0.2) is 12.8 Å². The molecule has 1 aliphatic rings. The van der Waals surface area contributed by atoms with E-state index in [2.05, 4.69) is 10.0 Å². The number of hydrogen-bond acceptors (Lipinski definition) is 5. The molecule has 0 radical (unpaired) electrons. The van der Waals surface area contributed by atoms with Gasteiger partial charge in [0.2, 0.25) is 0 Å². The number of amides is 1. The first-order valence-electron chi connectivity index (χ1n) is 9.42. The molecule has 0 spiro atoms. The van der Waals surface area contributed by atoms with Crippen LogP contribution in [0.4, 0.5) is 15.8 Å². The highest BCUT2D eigenvalue weighted by molar-refractivity contribution is 7.92. The summed E-state index contributed by atoms with van der Waals surface area (Å²) in [6.45, 7) is 2.39. The third kappa shape index (κ3) is 4.61. The first-order chi connectivity index (χ1) is 14.8. The Bertz CT molecular complexity index is 1240. The third-order valence-electron chi connectivity index (χ3n) is 4.65. The smallest absolute Gasteiger partial charge is 0.262 e. The van der Waals surface area contributed by atoms with Gasteiger partial charge in [-0.15, -0.1) is 0 Å². The van der Waals surface area contributed by atoms with Crippen molar-refractivity contribution < 1.29 is 27.1 Å². The molecule has 3 aromatic carbocycles. The molecule has 0 bridgehead atoms. The number of benzene rings is 3. The third-order valence-corrected chi connectivity index (χ3v) is 6.03. The van der Waals surface area contributed by atoms with Gasteiger partial charge in [-0.3, -0.25) is 9.52 Å². The van der Waals surface area contributed by atoms with E-state index in [0.29, 0.717) is 41.5 Å². The number of carbonyl (C=O) groups excluding carboxylic acids is 1. The second kappa shape index (κ2) is 8.27. The number of anilines is 2. The van der Waals surface area contributed by atoms with Gasteiger partial charge in [-0.05, 0) is 61.0 Å². The Hall–Kier alpha value is -3.59. The van der Waals surface area contributed by atoms with E-state index in [1.807, 2.05) is 0 Å². The fourth-order valence-corrected chi connectivity index (χ4v) is 4.04. The average molecular weight is 442 g/mol. The number of nitrogens with one attached hydrogen (secondary N) is 2. The fourth-order valence-electron chi connectivity index (χ4n) is 2.97. The monoisotopic (exact) mass is 442 g/mol. The first kappa shape index (κ1) is 20.7. The van der Waals surface area contributed by atoms with Crippen LogP contribution < -0.4 is 19.5 Å². The van der Waals surface area contributed by atoms with Gasteiger partial charge in [-0.1, -0.05) is 6.07 Å². The number of aryl methyl sites for hydroxylation is 1. The Morgan fingerprint density at radius 3 is 2.29 bits per heavy atom. The van der Waals surface area contributed by atoms with E-state index in [1.54, 1.807) is 25.1 Å². The molecule has 1 amide bonds. The van der Waals surface area contributed by atoms with E-state index in [4.69, 9.17) is 9.47 Å². The number of fused-ring (bicyclic) bond motifs is 1. The minimum atomic E-state index is -3.87. The molecule has 0 aliphatic carbocycles. The van der Waals surface area contributed by atoms with Gasteiger partial charge in [0.05, 0.1) is 4.90 Å². The van der Waals surface area contributed by atoms with Crippen LogP contribution in [0.5, 0.6) is 11.5 Å². The topological polar surface area (TPSA) is 93.7 Å². The predicted octanol–water partition coefficient (Wildman–Crippen LogP) is 3.96. The van der Waals surface area contributed by atoms with Crippen LogP contribution in [0.25, 0.3) is 0 Å². The molecule has 1 heterocycles. The predicted molar refractivity (Wildman–Crippen MR) is 114 cm³/mol. The van der Waals surface area contributed by atoms with Crippen molar-refractivity contribution >= 4 is 27.3 Å². The van der Waals surface area contributed by atoms with Gasteiger partial charge < -0.3 is 14.8 Å². The van der Waals surface area contributed by atoms with Gasteiger partial charge in [0.25, 0.3) is 15.9 Å². The van der Waals surface area contributed by atoms with Crippen LogP contribution in [0.3, 0.4) is 0 Å². The van der Waals surface area contributed by atoms with Crippen molar-refractivity contribution in [2.75, 3.05) is 23.3 Å². The molecule has 9 heteroatoms. The zero-order valence-electron chi connectivity index (χ0n) is 16.5. The van der Waals surface area contributed by atoms with Crippen LogP contribution in [-0.2, 0) is 10.0 Å². The normalized spacial score (nSPS) is 12.8. The zero-order valence-corrected chi connectivity index (χ0v) is 17.3. The molecule has 4 rings (SSSR count). The van der Waals surface area contributed by atoms with E-state index < -0.39 is 21.7 Å². The van der Waals surface area contributed by atoms with Crippen molar-refractivity contribution in [2.24, 2.45) is 0 Å². The van der Waals surface area contributed by atoms with E-state index in [0.717, 1.165) is 0 Å². The lowest BCUT2D eigenvalue weighted by molar-refractivity contribution is 0.102. The molecule has 0 saturated carbocycles. The molecule has 7 nitrogen and oxygen atoms in total. The Kier molecular flexibility index (Phi) is 5.51. The summed E-state index contributed by atoms with van der Waals surface area (Å²) in [6, 6.07) is 14.7. The summed E-state index contributed by atoms with van der Waals surface area (Å²) in [6.07, 6.45) is 0. The summed E-state index contributed by atoms with van der Waals surface area (Å²) in [7, 11) is -3.87. The maximum Gasteiger partial charge on any atom is 0.262 e. The molecule has 1 aliphatic heterocycles. The van der Waals surface area contributed by atoms with Gasteiger partial charge in [0, 0.05) is 23.0 Å². The maximum atomic E-state index is 13.6. The number of ether oxygens (including phenoxy) is 2. The molecule has 0 unspecified atom stereocenters. The van der Waals surface area contributed by atoms with Crippen LogP contribution in [0, 0.1) is 12.7 Å². The van der Waals surface area contributed by atoms with Crippen molar-refractivity contribution in [3.8, 4) is 11.5 Å². The molecule has 0 atom stereocenters. The molecule has 2 N–H and O–H groups in total. The number of carbonyl (C=O) groups is 1. The van der Waals surface area contributed by atoms with Crippen molar-refractivity contribution in [2.45, 2.75) is 11.8 Å². The highest BCUT2D eigenvalue weighted by atomic mass is 32.2. The standard InChI is InChI=1S/C22H19FN2O5S/c1-14-2-5-17(12-19(14)23)24-22(26)15-3-6-16(7-4-15)25-31(27,28)18-8-9-20-21(13-18)30-11-10-29-20/h2-9,12-13,25H,10-11H2,1H3,(H,24,26). The van der Waals surface area contributed by atoms with E-state index in [-0.39, 0.29) is 10.6 Å². The highest BCUT2D eigenvalue weighted by Gasteiger charge is 2.19. The molecule has 3 aromatic rings. The Balaban J connectivity index is 1.46. The summed E-state index contributed by atoms with van der Waals surface area (Å²) < 4.78 is 52.3. The van der Waals surface area contributed by atoms with Gasteiger partial charge >= 0.3 is 0 Å². The van der Waals surface area contributed by atoms with Crippen molar-refractivity contribution in [1.29, 1.82) is 0 Å². The molecule has 0 saturated heterocycles. The number of rotatable bonds is 5. The second-order valence-electron chi connectivity index (χ2n) is 6.91. The van der Waals surface area contributed by atoms with E-state index in [9.17, 15) is 17.6 Å². The van der Waals surface area contributed by atoms with Gasteiger partial charge in [0.1, 0.15) is 19.0 Å². The maximum absolute atomic E-state index is 13.6. The second-order valence-corrected chi connectivity index (χ2v) is 8.59. The number of halogens is 1.